The highest BCUT2D eigenvalue weighted by atomic mass is 19.4. The SMILES string of the molecule is FC(F)(F)c1cccc(CNc2nc(Nc3ccccc3)nc3c2ncn3C2CCCCC2)c1. The van der Waals surface area contributed by atoms with Crippen molar-refractivity contribution in [2.75, 3.05) is 10.6 Å². The number of hydrogen-bond acceptors (Lipinski definition) is 5. The van der Waals surface area contributed by atoms with Gasteiger partial charge in [0.1, 0.15) is 0 Å². The van der Waals surface area contributed by atoms with Gasteiger partial charge in [-0.05, 0) is 42.7 Å². The number of aromatic nitrogens is 4. The summed E-state index contributed by atoms with van der Waals surface area (Å²) in [5.74, 6) is 0.887. The highest BCUT2D eigenvalue weighted by molar-refractivity contribution is 5.84. The van der Waals surface area contributed by atoms with Crippen LogP contribution in [0.15, 0.2) is 60.9 Å². The first-order valence-corrected chi connectivity index (χ1v) is 11.4. The molecule has 2 N–H and O–H groups in total. The molecule has 1 fully saturated rings. The van der Waals surface area contributed by atoms with Crippen LogP contribution in [0.4, 0.5) is 30.6 Å². The average molecular weight is 467 g/mol. The molecular weight excluding hydrogens is 441 g/mol. The van der Waals surface area contributed by atoms with E-state index < -0.39 is 11.7 Å². The highest BCUT2D eigenvalue weighted by Crippen LogP contribution is 2.33. The second kappa shape index (κ2) is 9.32. The third-order valence-electron chi connectivity index (χ3n) is 6.13. The van der Waals surface area contributed by atoms with E-state index in [9.17, 15) is 13.2 Å². The summed E-state index contributed by atoms with van der Waals surface area (Å²) in [4.78, 5) is 13.9. The maximum Gasteiger partial charge on any atom is 0.416 e. The highest BCUT2D eigenvalue weighted by Gasteiger charge is 2.30. The second-order valence-electron chi connectivity index (χ2n) is 8.55. The van der Waals surface area contributed by atoms with E-state index in [-0.39, 0.29) is 6.54 Å². The van der Waals surface area contributed by atoms with Gasteiger partial charge in [0.2, 0.25) is 5.95 Å². The van der Waals surface area contributed by atoms with Crippen LogP contribution in [-0.4, -0.2) is 19.5 Å². The molecule has 2 aromatic carbocycles. The monoisotopic (exact) mass is 466 g/mol. The van der Waals surface area contributed by atoms with Crippen molar-refractivity contribution in [1.82, 2.24) is 19.5 Å². The van der Waals surface area contributed by atoms with E-state index in [0.29, 0.717) is 34.5 Å². The van der Waals surface area contributed by atoms with Gasteiger partial charge in [-0.2, -0.15) is 23.1 Å². The minimum absolute atomic E-state index is 0.178. The lowest BCUT2D eigenvalue weighted by atomic mass is 9.95. The van der Waals surface area contributed by atoms with E-state index in [0.717, 1.165) is 30.7 Å². The zero-order valence-electron chi connectivity index (χ0n) is 18.5. The van der Waals surface area contributed by atoms with Crippen LogP contribution in [-0.2, 0) is 12.7 Å². The van der Waals surface area contributed by atoms with Crippen LogP contribution in [0.3, 0.4) is 0 Å². The molecule has 0 unspecified atom stereocenters. The summed E-state index contributed by atoms with van der Waals surface area (Å²) in [5.41, 5.74) is 2.00. The first-order valence-electron chi connectivity index (χ1n) is 11.4. The summed E-state index contributed by atoms with van der Waals surface area (Å²) < 4.78 is 41.5. The maximum atomic E-state index is 13.1. The molecule has 0 atom stereocenters. The Hall–Kier alpha value is -3.62. The summed E-state index contributed by atoms with van der Waals surface area (Å²) in [6, 6.07) is 15.2. The number of rotatable bonds is 6. The van der Waals surface area contributed by atoms with Crippen LogP contribution in [0.2, 0.25) is 0 Å². The Bertz CT molecular complexity index is 1260. The number of fused-ring (bicyclic) bond motifs is 1. The molecule has 0 bridgehead atoms. The number of alkyl halides is 3. The second-order valence-corrected chi connectivity index (χ2v) is 8.55. The number of imidazole rings is 1. The topological polar surface area (TPSA) is 67.7 Å². The van der Waals surface area contributed by atoms with Crippen LogP contribution in [0.5, 0.6) is 0 Å². The number of nitrogens with one attached hydrogen (secondary N) is 2. The van der Waals surface area contributed by atoms with Crippen molar-refractivity contribution < 1.29 is 13.2 Å². The zero-order valence-corrected chi connectivity index (χ0v) is 18.5. The molecule has 5 rings (SSSR count). The van der Waals surface area contributed by atoms with E-state index >= 15 is 0 Å². The first kappa shape index (κ1) is 22.2. The van der Waals surface area contributed by atoms with Crippen molar-refractivity contribution in [2.24, 2.45) is 0 Å². The molecule has 34 heavy (non-hydrogen) atoms. The minimum atomic E-state index is -4.39. The smallest absolute Gasteiger partial charge is 0.364 e. The number of anilines is 3. The Labute approximate surface area is 195 Å². The number of halogens is 3. The number of para-hydroxylation sites is 1. The van der Waals surface area contributed by atoms with Crippen LogP contribution in [0, 0.1) is 0 Å². The van der Waals surface area contributed by atoms with Crippen LogP contribution < -0.4 is 10.6 Å². The van der Waals surface area contributed by atoms with E-state index in [1.807, 2.05) is 30.3 Å². The molecule has 1 aliphatic rings. The predicted octanol–water partition coefficient (Wildman–Crippen LogP) is 6.71. The van der Waals surface area contributed by atoms with E-state index in [4.69, 9.17) is 4.98 Å². The average Bonchev–Trinajstić information content (AvgIpc) is 3.27. The lowest BCUT2D eigenvalue weighted by Gasteiger charge is -2.23. The van der Waals surface area contributed by atoms with E-state index in [1.165, 1.54) is 25.3 Å². The largest absolute Gasteiger partial charge is 0.416 e. The van der Waals surface area contributed by atoms with Gasteiger partial charge in [-0.3, -0.25) is 0 Å². The van der Waals surface area contributed by atoms with Gasteiger partial charge < -0.3 is 15.2 Å². The van der Waals surface area contributed by atoms with Gasteiger partial charge >= 0.3 is 6.18 Å². The molecule has 6 nitrogen and oxygen atoms in total. The van der Waals surface area contributed by atoms with Crippen molar-refractivity contribution in [1.29, 1.82) is 0 Å². The third-order valence-corrected chi connectivity index (χ3v) is 6.13. The molecule has 2 aromatic heterocycles. The third kappa shape index (κ3) is 4.83. The Morgan fingerprint density at radius 2 is 1.74 bits per heavy atom. The van der Waals surface area contributed by atoms with Crippen molar-refractivity contribution in [3.63, 3.8) is 0 Å². The van der Waals surface area contributed by atoms with Gasteiger partial charge in [0.25, 0.3) is 0 Å². The lowest BCUT2D eigenvalue weighted by molar-refractivity contribution is -0.137. The van der Waals surface area contributed by atoms with Gasteiger partial charge in [0.05, 0.1) is 11.9 Å². The minimum Gasteiger partial charge on any atom is -0.364 e. The van der Waals surface area contributed by atoms with Crippen LogP contribution in [0.1, 0.15) is 49.3 Å². The zero-order chi connectivity index (χ0) is 23.5. The first-order chi connectivity index (χ1) is 16.5. The summed E-state index contributed by atoms with van der Waals surface area (Å²) in [6.07, 6.45) is 3.15. The van der Waals surface area contributed by atoms with Crippen LogP contribution in [0.25, 0.3) is 11.2 Å². The summed E-state index contributed by atoms with van der Waals surface area (Å²) in [7, 11) is 0. The standard InChI is InChI=1S/C25H25F3N6/c26-25(27,28)18-9-7-8-17(14-18)15-29-22-21-23(34(16-30-21)20-12-5-2-6-13-20)33-24(32-22)31-19-10-3-1-4-11-19/h1,3-4,7-11,14,16,20H,2,5-6,12-13,15H2,(H2,29,31,32,33). The van der Waals surface area contributed by atoms with Gasteiger partial charge in [-0.15, -0.1) is 0 Å². The molecule has 0 radical (unpaired) electrons. The molecule has 0 spiro atoms. The maximum absolute atomic E-state index is 13.1. The Morgan fingerprint density at radius 3 is 2.50 bits per heavy atom. The Morgan fingerprint density at radius 1 is 0.941 bits per heavy atom. The Kier molecular flexibility index (Phi) is 6.08. The number of benzene rings is 2. The number of hydrogen-bond donors (Lipinski definition) is 2. The molecule has 176 valence electrons. The molecule has 1 saturated carbocycles. The molecule has 0 aliphatic heterocycles. The molecule has 1 aliphatic carbocycles. The molecule has 9 heteroatoms. The Balaban J connectivity index is 1.48. The molecular formula is C25H25F3N6. The fourth-order valence-corrected chi connectivity index (χ4v) is 4.42. The van der Waals surface area contributed by atoms with Gasteiger partial charge in [-0.25, -0.2) is 4.98 Å². The number of nitrogens with zero attached hydrogens (tertiary/aromatic N) is 4. The van der Waals surface area contributed by atoms with Crippen molar-refractivity contribution in [2.45, 2.75) is 50.9 Å². The van der Waals surface area contributed by atoms with Crippen molar-refractivity contribution >= 4 is 28.6 Å². The summed E-state index contributed by atoms with van der Waals surface area (Å²) in [5, 5.41) is 6.42. The summed E-state index contributed by atoms with van der Waals surface area (Å²) in [6.45, 7) is 0.178. The van der Waals surface area contributed by atoms with Crippen molar-refractivity contribution in [3.8, 4) is 0 Å². The van der Waals surface area contributed by atoms with Crippen LogP contribution >= 0.6 is 0 Å². The quantitative estimate of drug-likeness (QED) is 0.331. The lowest BCUT2D eigenvalue weighted by Crippen LogP contribution is -2.13. The van der Waals surface area contributed by atoms with Gasteiger partial charge in [0, 0.05) is 18.3 Å². The fourth-order valence-electron chi connectivity index (χ4n) is 4.42. The molecule has 0 saturated heterocycles. The molecule has 0 amide bonds. The van der Waals surface area contributed by atoms with E-state index in [1.54, 1.807) is 12.4 Å². The van der Waals surface area contributed by atoms with Gasteiger partial charge in [-0.1, -0.05) is 49.6 Å². The molecule has 4 aromatic rings. The van der Waals surface area contributed by atoms with E-state index in [2.05, 4.69) is 25.2 Å². The molecule has 2 heterocycles. The summed E-state index contributed by atoms with van der Waals surface area (Å²) >= 11 is 0. The normalized spacial score (nSPS) is 14.9. The van der Waals surface area contributed by atoms with Crippen molar-refractivity contribution in [3.05, 3.63) is 72.1 Å². The fraction of sp³-hybridized carbons (Fsp3) is 0.320. The van der Waals surface area contributed by atoms with Gasteiger partial charge in [0.15, 0.2) is 17.0 Å². The predicted molar refractivity (Wildman–Crippen MR) is 126 cm³/mol.